The maximum Gasteiger partial charge on any atom is 0.260 e. The molecule has 0 spiro atoms. The number of fused-ring (bicyclic) bond motifs is 1. The number of nitrogens with zero attached hydrogens (tertiary/aromatic N) is 2. The Hall–Kier alpha value is -2.57. The smallest absolute Gasteiger partial charge is 0.260 e. The number of carbonyl (C=O) groups is 2. The number of hydrogen-bond acceptors (Lipinski definition) is 4. The maximum absolute atomic E-state index is 13.9. The van der Waals surface area contributed by atoms with Gasteiger partial charge in [0.1, 0.15) is 0 Å². The van der Waals surface area contributed by atoms with Crippen LogP contribution in [0.2, 0.25) is 0 Å². The highest BCUT2D eigenvalue weighted by Gasteiger charge is 2.44. The Balaban J connectivity index is 1.47. The Bertz CT molecular complexity index is 1100. The molecule has 1 heterocycles. The molecule has 4 rings (SSSR count). The first-order valence-corrected chi connectivity index (χ1v) is 15.2. The van der Waals surface area contributed by atoms with Crippen LogP contribution in [0.15, 0.2) is 59.5 Å². The third-order valence-electron chi connectivity index (χ3n) is 7.62. The van der Waals surface area contributed by atoms with Gasteiger partial charge in [-0.05, 0) is 69.3 Å². The summed E-state index contributed by atoms with van der Waals surface area (Å²) in [6.45, 7) is 10.8. The van der Waals surface area contributed by atoms with Crippen molar-refractivity contribution < 1.29 is 9.59 Å². The van der Waals surface area contributed by atoms with Gasteiger partial charge in [-0.1, -0.05) is 74.0 Å². The van der Waals surface area contributed by atoms with Crippen LogP contribution >= 0.6 is 11.8 Å². The lowest BCUT2D eigenvalue weighted by atomic mass is 9.83. The van der Waals surface area contributed by atoms with Crippen molar-refractivity contribution in [3.63, 3.8) is 0 Å². The van der Waals surface area contributed by atoms with E-state index in [0.717, 1.165) is 67.8 Å². The SMILES string of the molecule is CCCN(CCC)CCNC(=O)C1CCC2S/C(=C/c3ccccc3)C(=O)N(Cc3cccc(C)c3)C2C1. The minimum Gasteiger partial charge on any atom is -0.355 e. The summed E-state index contributed by atoms with van der Waals surface area (Å²) in [5, 5.41) is 3.52. The maximum atomic E-state index is 13.9. The molecule has 1 saturated carbocycles. The lowest BCUT2D eigenvalue weighted by Crippen LogP contribution is -2.53. The topological polar surface area (TPSA) is 52.7 Å². The van der Waals surface area contributed by atoms with E-state index in [4.69, 9.17) is 0 Å². The first-order valence-electron chi connectivity index (χ1n) is 14.3. The molecule has 38 heavy (non-hydrogen) atoms. The number of rotatable bonds is 11. The van der Waals surface area contributed by atoms with Crippen molar-refractivity contribution >= 4 is 29.7 Å². The van der Waals surface area contributed by atoms with Gasteiger partial charge in [0.25, 0.3) is 5.91 Å². The molecular formula is C32H43N3O2S. The van der Waals surface area contributed by atoms with Crippen LogP contribution < -0.4 is 5.32 Å². The second-order valence-electron chi connectivity index (χ2n) is 10.7. The van der Waals surface area contributed by atoms with Crippen molar-refractivity contribution in [3.05, 3.63) is 76.2 Å². The summed E-state index contributed by atoms with van der Waals surface area (Å²) in [6.07, 6.45) is 6.83. The van der Waals surface area contributed by atoms with E-state index >= 15 is 0 Å². The fourth-order valence-electron chi connectivity index (χ4n) is 5.77. The molecule has 1 aliphatic carbocycles. The predicted molar refractivity (Wildman–Crippen MR) is 159 cm³/mol. The van der Waals surface area contributed by atoms with Crippen LogP contribution in [-0.2, 0) is 16.1 Å². The number of amides is 2. The van der Waals surface area contributed by atoms with Gasteiger partial charge in [-0.25, -0.2) is 0 Å². The van der Waals surface area contributed by atoms with Crippen molar-refractivity contribution in [1.29, 1.82) is 0 Å². The summed E-state index contributed by atoms with van der Waals surface area (Å²) in [5.74, 6) is 0.183. The molecule has 0 aromatic heterocycles. The molecule has 3 unspecified atom stereocenters. The van der Waals surface area contributed by atoms with Gasteiger partial charge in [0, 0.05) is 36.8 Å². The average Bonchev–Trinajstić information content (AvgIpc) is 2.91. The number of aryl methyl sites for hydroxylation is 1. The molecule has 204 valence electrons. The van der Waals surface area contributed by atoms with Gasteiger partial charge in [0.05, 0.1) is 4.91 Å². The third-order valence-corrected chi connectivity index (χ3v) is 9.01. The molecule has 6 heteroatoms. The van der Waals surface area contributed by atoms with Crippen LogP contribution in [0.1, 0.15) is 62.6 Å². The first-order chi connectivity index (χ1) is 18.5. The summed E-state index contributed by atoms with van der Waals surface area (Å²) >= 11 is 1.71. The summed E-state index contributed by atoms with van der Waals surface area (Å²) in [7, 11) is 0. The van der Waals surface area contributed by atoms with Gasteiger partial charge < -0.3 is 15.1 Å². The molecule has 2 fully saturated rings. The van der Waals surface area contributed by atoms with Gasteiger partial charge in [-0.3, -0.25) is 9.59 Å². The fourth-order valence-corrected chi connectivity index (χ4v) is 7.19. The Labute approximate surface area is 233 Å². The van der Waals surface area contributed by atoms with E-state index in [2.05, 4.69) is 55.3 Å². The highest BCUT2D eigenvalue weighted by molar-refractivity contribution is 8.04. The normalized spacial score (nSPS) is 22.5. The third kappa shape index (κ3) is 7.51. The quantitative estimate of drug-likeness (QED) is 0.366. The standard InChI is InChI=1S/C32H43N3O2S/c1-4-17-34(18-5-2)19-16-33-31(36)27-14-15-29-28(22-27)35(23-26-13-9-10-24(3)20-26)32(37)30(38-29)21-25-11-7-6-8-12-25/h6-13,20-21,27-29H,4-5,14-19,22-23H2,1-3H3,(H,33,36)/b30-21+. The van der Waals surface area contributed by atoms with E-state index in [-0.39, 0.29) is 23.8 Å². The molecule has 3 atom stereocenters. The number of benzene rings is 2. The van der Waals surface area contributed by atoms with E-state index in [0.29, 0.717) is 18.3 Å². The Morgan fingerprint density at radius 1 is 1.05 bits per heavy atom. The monoisotopic (exact) mass is 533 g/mol. The van der Waals surface area contributed by atoms with Crippen LogP contribution in [0, 0.1) is 12.8 Å². The molecule has 2 aliphatic rings. The highest BCUT2D eigenvalue weighted by atomic mass is 32.2. The molecule has 1 N–H and O–H groups in total. The van der Waals surface area contributed by atoms with Crippen LogP contribution in [0.5, 0.6) is 0 Å². The molecule has 0 radical (unpaired) electrons. The Kier molecular flexibility index (Phi) is 10.5. The molecule has 2 amide bonds. The summed E-state index contributed by atoms with van der Waals surface area (Å²) in [6, 6.07) is 18.6. The van der Waals surface area contributed by atoms with Gasteiger partial charge in [0.15, 0.2) is 0 Å². The molecule has 0 bridgehead atoms. The van der Waals surface area contributed by atoms with Crippen molar-refractivity contribution in [3.8, 4) is 0 Å². The largest absolute Gasteiger partial charge is 0.355 e. The molecule has 1 saturated heterocycles. The zero-order chi connectivity index (χ0) is 26.9. The zero-order valence-electron chi connectivity index (χ0n) is 23.2. The van der Waals surface area contributed by atoms with Crippen molar-refractivity contribution in [2.75, 3.05) is 26.2 Å². The van der Waals surface area contributed by atoms with E-state index < -0.39 is 0 Å². The zero-order valence-corrected chi connectivity index (χ0v) is 24.0. The molecule has 2 aromatic carbocycles. The minimum absolute atomic E-state index is 0.0462. The van der Waals surface area contributed by atoms with Gasteiger partial charge in [0.2, 0.25) is 5.91 Å². The summed E-state index contributed by atoms with van der Waals surface area (Å²) < 4.78 is 0. The second kappa shape index (κ2) is 14.0. The number of thioether (sulfide) groups is 1. The molecule has 5 nitrogen and oxygen atoms in total. The van der Waals surface area contributed by atoms with E-state index in [9.17, 15) is 9.59 Å². The fraction of sp³-hybridized carbons (Fsp3) is 0.500. The van der Waals surface area contributed by atoms with Crippen LogP contribution in [0.4, 0.5) is 0 Å². The first kappa shape index (κ1) is 28.4. The molecular weight excluding hydrogens is 490 g/mol. The minimum atomic E-state index is -0.0462. The van der Waals surface area contributed by atoms with Crippen LogP contribution in [0.25, 0.3) is 6.08 Å². The van der Waals surface area contributed by atoms with Crippen molar-refractivity contribution in [2.24, 2.45) is 5.92 Å². The molecule has 2 aromatic rings. The van der Waals surface area contributed by atoms with Crippen LogP contribution in [0.3, 0.4) is 0 Å². The van der Waals surface area contributed by atoms with Crippen LogP contribution in [-0.4, -0.2) is 59.1 Å². The summed E-state index contributed by atoms with van der Waals surface area (Å²) in [5.41, 5.74) is 3.38. The van der Waals surface area contributed by atoms with Gasteiger partial charge >= 0.3 is 0 Å². The van der Waals surface area contributed by atoms with E-state index in [1.54, 1.807) is 11.8 Å². The Morgan fingerprint density at radius 2 is 1.82 bits per heavy atom. The Morgan fingerprint density at radius 3 is 2.53 bits per heavy atom. The van der Waals surface area contributed by atoms with E-state index in [1.165, 1.54) is 5.56 Å². The molecule has 1 aliphatic heterocycles. The lowest BCUT2D eigenvalue weighted by Gasteiger charge is -2.46. The number of nitrogens with one attached hydrogen (secondary N) is 1. The predicted octanol–water partition coefficient (Wildman–Crippen LogP) is 5.89. The van der Waals surface area contributed by atoms with Crippen molar-refractivity contribution in [1.82, 2.24) is 15.1 Å². The van der Waals surface area contributed by atoms with Gasteiger partial charge in [-0.2, -0.15) is 0 Å². The summed E-state index contributed by atoms with van der Waals surface area (Å²) in [4.78, 5) is 32.4. The number of carbonyl (C=O) groups excluding carboxylic acids is 2. The second-order valence-corrected chi connectivity index (χ2v) is 12.0. The van der Waals surface area contributed by atoms with Crippen molar-refractivity contribution in [2.45, 2.75) is 70.7 Å². The average molecular weight is 534 g/mol. The van der Waals surface area contributed by atoms with Gasteiger partial charge in [-0.15, -0.1) is 11.8 Å². The highest BCUT2D eigenvalue weighted by Crippen LogP contribution is 2.44. The lowest BCUT2D eigenvalue weighted by molar-refractivity contribution is -0.133. The number of hydrogen-bond donors (Lipinski definition) is 1. The van der Waals surface area contributed by atoms with E-state index in [1.807, 2.05) is 41.3 Å².